The molecule has 0 radical (unpaired) electrons. The van der Waals surface area contributed by atoms with E-state index in [1.807, 2.05) is 18.7 Å². The van der Waals surface area contributed by atoms with E-state index in [1.54, 1.807) is 0 Å². The van der Waals surface area contributed by atoms with Crippen LogP contribution in [-0.2, 0) is 0 Å². The second kappa shape index (κ2) is 7.17. The molecule has 1 saturated heterocycles. The summed E-state index contributed by atoms with van der Waals surface area (Å²) < 4.78 is 0. The molecule has 18 heavy (non-hydrogen) atoms. The van der Waals surface area contributed by atoms with Gasteiger partial charge in [-0.05, 0) is 50.6 Å². The second-order valence-electron chi connectivity index (χ2n) is 5.11. The van der Waals surface area contributed by atoms with Gasteiger partial charge >= 0.3 is 0 Å². The Kier molecular flexibility index (Phi) is 5.54. The summed E-state index contributed by atoms with van der Waals surface area (Å²) in [5.41, 5.74) is 7.07. The quantitative estimate of drug-likeness (QED) is 0.828. The predicted octanol–water partition coefficient (Wildman–Crippen LogP) is 3.28. The lowest BCUT2D eigenvalue weighted by Gasteiger charge is -2.26. The zero-order valence-corrected chi connectivity index (χ0v) is 12.1. The van der Waals surface area contributed by atoms with Crippen molar-refractivity contribution in [3.63, 3.8) is 0 Å². The van der Waals surface area contributed by atoms with E-state index in [0.29, 0.717) is 0 Å². The van der Waals surface area contributed by atoms with Crippen molar-refractivity contribution < 1.29 is 0 Å². The van der Waals surface area contributed by atoms with Crippen LogP contribution in [0.15, 0.2) is 29.2 Å². The summed E-state index contributed by atoms with van der Waals surface area (Å²) >= 11 is 1.95. The minimum Gasteiger partial charge on any atom is -0.324 e. The Bertz CT molecular complexity index is 342. The van der Waals surface area contributed by atoms with Crippen LogP contribution < -0.4 is 5.73 Å². The van der Waals surface area contributed by atoms with Crippen molar-refractivity contribution in [3.05, 3.63) is 29.8 Å². The van der Waals surface area contributed by atoms with Gasteiger partial charge in [-0.2, -0.15) is 0 Å². The van der Waals surface area contributed by atoms with Crippen LogP contribution in [0.25, 0.3) is 0 Å². The highest BCUT2D eigenvalue weighted by atomic mass is 32.2. The van der Waals surface area contributed by atoms with Crippen LogP contribution in [-0.4, -0.2) is 30.3 Å². The molecule has 2 nitrogen and oxygen atoms in total. The molecule has 1 unspecified atom stereocenters. The van der Waals surface area contributed by atoms with Gasteiger partial charge in [-0.15, -0.1) is 11.8 Å². The molecule has 1 aromatic rings. The van der Waals surface area contributed by atoms with E-state index >= 15 is 0 Å². The molecule has 1 aromatic carbocycles. The zero-order chi connectivity index (χ0) is 12.8. The first-order chi connectivity index (χ1) is 8.75. The summed E-state index contributed by atoms with van der Waals surface area (Å²) in [5, 5.41) is 0. The average Bonchev–Trinajstić information content (AvgIpc) is 2.40. The molecule has 1 aliphatic rings. The molecule has 1 aliphatic heterocycles. The monoisotopic (exact) mass is 264 g/mol. The third-order valence-corrected chi connectivity index (χ3v) is 4.52. The molecule has 0 saturated carbocycles. The Morgan fingerprint density at radius 3 is 2.44 bits per heavy atom. The van der Waals surface area contributed by atoms with E-state index < -0.39 is 0 Å². The Morgan fingerprint density at radius 2 is 1.83 bits per heavy atom. The second-order valence-corrected chi connectivity index (χ2v) is 6.28. The van der Waals surface area contributed by atoms with Gasteiger partial charge in [0, 0.05) is 23.2 Å². The number of hydrogen-bond acceptors (Lipinski definition) is 3. The van der Waals surface area contributed by atoms with Gasteiger partial charge in [0.2, 0.25) is 0 Å². The number of likely N-dealkylation sites (tertiary alicyclic amines) is 1. The maximum absolute atomic E-state index is 5.85. The summed E-state index contributed by atoms with van der Waals surface area (Å²) in [6.07, 6.45) is 4.18. The van der Waals surface area contributed by atoms with Crippen molar-refractivity contribution in [1.29, 1.82) is 0 Å². The molecule has 1 atom stereocenters. The van der Waals surface area contributed by atoms with Gasteiger partial charge in [0.05, 0.1) is 0 Å². The average molecular weight is 264 g/mol. The lowest BCUT2D eigenvalue weighted by atomic mass is 10.1. The molecule has 0 bridgehead atoms. The smallest absolute Gasteiger partial charge is 0.0266 e. The number of nitrogens with two attached hydrogens (primary N) is 1. The maximum atomic E-state index is 5.85. The van der Waals surface area contributed by atoms with Crippen molar-refractivity contribution in [2.45, 2.75) is 37.1 Å². The minimum atomic E-state index is 0.136. The molecule has 3 heteroatoms. The topological polar surface area (TPSA) is 29.3 Å². The van der Waals surface area contributed by atoms with E-state index in [9.17, 15) is 0 Å². The molecule has 0 spiro atoms. The Balaban J connectivity index is 1.72. The SMILES string of the molecule is CC(N)c1ccc(SCCN2CCCCC2)cc1. The summed E-state index contributed by atoms with van der Waals surface area (Å²) in [4.78, 5) is 3.95. The first-order valence-electron chi connectivity index (χ1n) is 6.96. The molecule has 2 rings (SSSR count). The number of rotatable bonds is 5. The molecular formula is C15H24N2S. The van der Waals surface area contributed by atoms with Crippen molar-refractivity contribution >= 4 is 11.8 Å². The van der Waals surface area contributed by atoms with Gasteiger partial charge < -0.3 is 10.6 Å². The Labute approximate surface area is 115 Å². The normalized spacial score (nSPS) is 18.8. The first kappa shape index (κ1) is 13.9. The fourth-order valence-electron chi connectivity index (χ4n) is 2.34. The highest BCUT2D eigenvalue weighted by Crippen LogP contribution is 2.21. The number of hydrogen-bond donors (Lipinski definition) is 1. The first-order valence-corrected chi connectivity index (χ1v) is 7.95. The van der Waals surface area contributed by atoms with Gasteiger partial charge in [-0.25, -0.2) is 0 Å². The number of benzene rings is 1. The van der Waals surface area contributed by atoms with Gasteiger partial charge in [0.1, 0.15) is 0 Å². The fraction of sp³-hybridized carbons (Fsp3) is 0.600. The molecule has 0 amide bonds. The summed E-state index contributed by atoms with van der Waals surface area (Å²) in [6.45, 7) is 5.84. The van der Waals surface area contributed by atoms with Crippen LogP contribution in [0, 0.1) is 0 Å². The Morgan fingerprint density at radius 1 is 1.17 bits per heavy atom. The largest absolute Gasteiger partial charge is 0.324 e. The van der Waals surface area contributed by atoms with E-state index in [2.05, 4.69) is 29.2 Å². The van der Waals surface area contributed by atoms with Crippen LogP contribution in [0.2, 0.25) is 0 Å². The molecule has 1 heterocycles. The third kappa shape index (κ3) is 4.30. The van der Waals surface area contributed by atoms with Gasteiger partial charge in [0.25, 0.3) is 0 Å². The van der Waals surface area contributed by atoms with Crippen LogP contribution in [0.4, 0.5) is 0 Å². The third-order valence-electron chi connectivity index (χ3n) is 3.53. The fourth-order valence-corrected chi connectivity index (χ4v) is 3.26. The molecule has 1 fully saturated rings. The molecule has 0 aromatic heterocycles. The van der Waals surface area contributed by atoms with E-state index in [-0.39, 0.29) is 6.04 Å². The molecule has 2 N–H and O–H groups in total. The summed E-state index contributed by atoms with van der Waals surface area (Å²) in [7, 11) is 0. The maximum Gasteiger partial charge on any atom is 0.0266 e. The van der Waals surface area contributed by atoms with Crippen LogP contribution in [0.1, 0.15) is 37.8 Å². The zero-order valence-electron chi connectivity index (χ0n) is 11.3. The highest BCUT2D eigenvalue weighted by Gasteiger charge is 2.09. The van der Waals surface area contributed by atoms with Gasteiger partial charge in [-0.3, -0.25) is 0 Å². The minimum absolute atomic E-state index is 0.136. The summed E-state index contributed by atoms with van der Waals surface area (Å²) in [6, 6.07) is 8.82. The van der Waals surface area contributed by atoms with Gasteiger partial charge in [-0.1, -0.05) is 18.6 Å². The van der Waals surface area contributed by atoms with E-state index in [4.69, 9.17) is 5.73 Å². The molecule has 100 valence electrons. The molecule has 0 aliphatic carbocycles. The van der Waals surface area contributed by atoms with Crippen LogP contribution >= 0.6 is 11.8 Å². The van der Waals surface area contributed by atoms with Gasteiger partial charge in [0.15, 0.2) is 0 Å². The summed E-state index contributed by atoms with van der Waals surface area (Å²) in [5.74, 6) is 1.19. The molecular weight excluding hydrogens is 240 g/mol. The highest BCUT2D eigenvalue weighted by molar-refractivity contribution is 7.99. The van der Waals surface area contributed by atoms with Crippen molar-refractivity contribution in [2.24, 2.45) is 5.73 Å². The number of thioether (sulfide) groups is 1. The lowest BCUT2D eigenvalue weighted by Crippen LogP contribution is -2.31. The van der Waals surface area contributed by atoms with Crippen molar-refractivity contribution in [2.75, 3.05) is 25.4 Å². The lowest BCUT2D eigenvalue weighted by molar-refractivity contribution is 0.242. The van der Waals surface area contributed by atoms with Crippen molar-refractivity contribution in [3.8, 4) is 0 Å². The predicted molar refractivity (Wildman–Crippen MR) is 80.1 cm³/mol. The van der Waals surface area contributed by atoms with E-state index in [0.717, 1.165) is 0 Å². The number of nitrogens with zero attached hydrogens (tertiary/aromatic N) is 1. The standard InChI is InChI=1S/C15H24N2S/c1-13(16)14-5-7-15(8-6-14)18-12-11-17-9-3-2-4-10-17/h5-8,13H,2-4,9-12,16H2,1H3. The number of piperidine rings is 1. The Hall–Kier alpha value is -0.510. The van der Waals surface area contributed by atoms with Crippen LogP contribution in [0.5, 0.6) is 0 Å². The van der Waals surface area contributed by atoms with E-state index in [1.165, 1.54) is 55.1 Å². The van der Waals surface area contributed by atoms with Crippen LogP contribution in [0.3, 0.4) is 0 Å². The van der Waals surface area contributed by atoms with Crippen molar-refractivity contribution in [1.82, 2.24) is 4.90 Å².